The molecule has 132 valence electrons. The Labute approximate surface area is 134 Å². The lowest BCUT2D eigenvalue weighted by molar-refractivity contribution is -0.144. The molecule has 0 fully saturated rings. The molecule has 0 saturated heterocycles. The van der Waals surface area contributed by atoms with Gasteiger partial charge in [-0.3, -0.25) is 14.5 Å². The number of nitrogens with two attached hydrogens (primary N) is 1. The van der Waals surface area contributed by atoms with Gasteiger partial charge < -0.3 is 15.9 Å². The van der Waals surface area contributed by atoms with E-state index in [9.17, 15) is 9.59 Å². The predicted molar refractivity (Wildman–Crippen MR) is 89.0 cm³/mol. The van der Waals surface area contributed by atoms with Gasteiger partial charge in [-0.15, -0.1) is 0 Å². The molecule has 0 radical (unpaired) electrons. The van der Waals surface area contributed by atoms with Crippen LogP contribution in [0.2, 0.25) is 0 Å². The van der Waals surface area contributed by atoms with Gasteiger partial charge in [-0.2, -0.15) is 0 Å². The molecular weight excluding hydrogens is 284 g/mol. The van der Waals surface area contributed by atoms with Gasteiger partial charge in [0.2, 0.25) is 0 Å². The Kier molecular flexibility index (Phi) is 14.2. The fourth-order valence-electron chi connectivity index (χ4n) is 2.32. The summed E-state index contributed by atoms with van der Waals surface area (Å²) in [5.41, 5.74) is 4.68. The molecule has 0 atom stereocenters. The van der Waals surface area contributed by atoms with Gasteiger partial charge in [0.25, 0.3) is 0 Å². The van der Waals surface area contributed by atoms with Gasteiger partial charge in [0, 0.05) is 0 Å². The standard InChI is InChI=1S/2C8H17NO2/c1-3-5-9(6-4-2)7-8(10)11;1-3-5-8(9,6-4-2)7(10)11/h3-7H2,1-2H3,(H,10,11);3-6,9H2,1-2H3,(H,10,11). The van der Waals surface area contributed by atoms with Crippen LogP contribution in [0.4, 0.5) is 0 Å². The Balaban J connectivity index is 0. The number of carbonyl (C=O) groups is 2. The highest BCUT2D eigenvalue weighted by atomic mass is 16.4. The Morgan fingerprint density at radius 1 is 0.909 bits per heavy atom. The second-order valence-electron chi connectivity index (χ2n) is 5.63. The molecule has 0 amide bonds. The van der Waals surface area contributed by atoms with Crippen LogP contribution in [0.15, 0.2) is 0 Å². The molecule has 0 saturated carbocycles. The molecule has 0 aliphatic heterocycles. The first-order chi connectivity index (χ1) is 10.3. The van der Waals surface area contributed by atoms with Crippen molar-refractivity contribution in [3.05, 3.63) is 0 Å². The topological polar surface area (TPSA) is 104 Å². The molecule has 0 aromatic carbocycles. The quantitative estimate of drug-likeness (QED) is 0.541. The van der Waals surface area contributed by atoms with Crippen LogP contribution in [-0.4, -0.2) is 52.2 Å². The first-order valence-corrected chi connectivity index (χ1v) is 8.23. The highest BCUT2D eigenvalue weighted by molar-refractivity contribution is 5.78. The maximum atomic E-state index is 10.7. The Morgan fingerprint density at radius 3 is 1.55 bits per heavy atom. The third kappa shape index (κ3) is 11.5. The highest BCUT2D eigenvalue weighted by Gasteiger charge is 2.31. The van der Waals surface area contributed by atoms with Crippen molar-refractivity contribution in [2.45, 2.75) is 71.8 Å². The van der Waals surface area contributed by atoms with E-state index in [1.807, 2.05) is 18.7 Å². The Hall–Kier alpha value is -1.14. The Bertz CT molecular complexity index is 297. The fourth-order valence-corrected chi connectivity index (χ4v) is 2.32. The van der Waals surface area contributed by atoms with Crippen molar-refractivity contribution in [3.63, 3.8) is 0 Å². The summed E-state index contributed by atoms with van der Waals surface area (Å²) in [5, 5.41) is 17.3. The van der Waals surface area contributed by atoms with Gasteiger partial charge in [0.15, 0.2) is 0 Å². The average molecular weight is 318 g/mol. The van der Waals surface area contributed by atoms with E-state index in [2.05, 4.69) is 13.8 Å². The summed E-state index contributed by atoms with van der Waals surface area (Å²) in [6, 6.07) is 0. The normalized spacial score (nSPS) is 11.0. The van der Waals surface area contributed by atoms with Gasteiger partial charge in [0.05, 0.1) is 6.54 Å². The minimum absolute atomic E-state index is 0.182. The molecule has 6 nitrogen and oxygen atoms in total. The second-order valence-corrected chi connectivity index (χ2v) is 5.63. The number of rotatable bonds is 11. The van der Waals surface area contributed by atoms with E-state index in [0.29, 0.717) is 12.8 Å². The smallest absolute Gasteiger partial charge is 0.323 e. The summed E-state index contributed by atoms with van der Waals surface area (Å²) in [6.45, 7) is 9.97. The summed E-state index contributed by atoms with van der Waals surface area (Å²) < 4.78 is 0. The number of carboxylic acid groups (broad SMARTS) is 2. The van der Waals surface area contributed by atoms with E-state index in [-0.39, 0.29) is 6.54 Å². The summed E-state index contributed by atoms with van der Waals surface area (Å²) >= 11 is 0. The van der Waals surface area contributed by atoms with E-state index in [1.165, 1.54) is 0 Å². The predicted octanol–water partition coefficient (Wildman–Crippen LogP) is 2.56. The van der Waals surface area contributed by atoms with Gasteiger partial charge >= 0.3 is 11.9 Å². The molecule has 6 heteroatoms. The van der Waals surface area contributed by atoms with Crippen molar-refractivity contribution in [3.8, 4) is 0 Å². The van der Waals surface area contributed by atoms with E-state index in [0.717, 1.165) is 38.8 Å². The number of aliphatic carboxylic acids is 2. The van der Waals surface area contributed by atoms with E-state index in [4.69, 9.17) is 15.9 Å². The first kappa shape index (κ1) is 23.1. The monoisotopic (exact) mass is 318 g/mol. The molecule has 0 spiro atoms. The number of nitrogens with zero attached hydrogens (tertiary/aromatic N) is 1. The molecule has 0 heterocycles. The lowest BCUT2D eigenvalue weighted by atomic mass is 9.90. The third-order valence-electron chi connectivity index (χ3n) is 3.26. The zero-order chi connectivity index (χ0) is 17.6. The van der Waals surface area contributed by atoms with Crippen LogP contribution < -0.4 is 5.73 Å². The van der Waals surface area contributed by atoms with Crippen LogP contribution in [-0.2, 0) is 9.59 Å². The lowest BCUT2D eigenvalue weighted by Crippen LogP contribution is -2.47. The number of carboxylic acids is 2. The van der Waals surface area contributed by atoms with Gasteiger partial charge in [-0.05, 0) is 38.8 Å². The van der Waals surface area contributed by atoms with E-state index >= 15 is 0 Å². The maximum Gasteiger partial charge on any atom is 0.323 e. The van der Waals surface area contributed by atoms with Crippen molar-refractivity contribution < 1.29 is 19.8 Å². The van der Waals surface area contributed by atoms with E-state index < -0.39 is 17.5 Å². The second kappa shape index (κ2) is 13.5. The van der Waals surface area contributed by atoms with Crippen molar-refractivity contribution in [1.29, 1.82) is 0 Å². The van der Waals surface area contributed by atoms with Crippen LogP contribution in [0.25, 0.3) is 0 Å². The molecule has 0 aliphatic rings. The minimum atomic E-state index is -0.983. The molecule has 0 aromatic heterocycles. The van der Waals surface area contributed by atoms with Crippen LogP contribution in [0.1, 0.15) is 66.2 Å². The Morgan fingerprint density at radius 2 is 1.32 bits per heavy atom. The molecule has 22 heavy (non-hydrogen) atoms. The molecular formula is C16H34N2O4. The molecule has 0 bridgehead atoms. The zero-order valence-corrected chi connectivity index (χ0v) is 14.6. The van der Waals surface area contributed by atoms with Gasteiger partial charge in [0.1, 0.15) is 5.54 Å². The van der Waals surface area contributed by atoms with Crippen molar-refractivity contribution in [2.24, 2.45) is 5.73 Å². The van der Waals surface area contributed by atoms with Crippen LogP contribution in [0.3, 0.4) is 0 Å². The van der Waals surface area contributed by atoms with Crippen LogP contribution in [0.5, 0.6) is 0 Å². The molecule has 0 aromatic rings. The van der Waals surface area contributed by atoms with Gasteiger partial charge in [-0.1, -0.05) is 40.5 Å². The van der Waals surface area contributed by atoms with Crippen molar-refractivity contribution in [1.82, 2.24) is 4.90 Å². The molecule has 4 N–H and O–H groups in total. The SMILES string of the molecule is CCCC(N)(CCC)C(=O)O.CCCN(CCC)CC(=O)O. The van der Waals surface area contributed by atoms with Crippen LogP contribution >= 0.6 is 0 Å². The summed E-state index contributed by atoms with van der Waals surface area (Å²) in [7, 11) is 0. The van der Waals surface area contributed by atoms with Crippen molar-refractivity contribution in [2.75, 3.05) is 19.6 Å². The summed E-state index contributed by atoms with van der Waals surface area (Å²) in [6.07, 6.45) is 4.82. The molecule has 0 unspecified atom stereocenters. The number of hydrogen-bond acceptors (Lipinski definition) is 4. The van der Waals surface area contributed by atoms with Crippen molar-refractivity contribution >= 4 is 11.9 Å². The zero-order valence-electron chi connectivity index (χ0n) is 14.6. The van der Waals surface area contributed by atoms with Crippen LogP contribution in [0, 0.1) is 0 Å². The summed E-state index contributed by atoms with van der Waals surface area (Å²) in [5.74, 6) is -1.60. The maximum absolute atomic E-state index is 10.7. The first-order valence-electron chi connectivity index (χ1n) is 8.23. The fraction of sp³-hybridized carbons (Fsp3) is 0.875. The summed E-state index contributed by atoms with van der Waals surface area (Å²) in [4.78, 5) is 23.0. The third-order valence-corrected chi connectivity index (χ3v) is 3.26. The number of hydrogen-bond donors (Lipinski definition) is 3. The van der Waals surface area contributed by atoms with E-state index in [1.54, 1.807) is 0 Å². The highest BCUT2D eigenvalue weighted by Crippen LogP contribution is 2.16. The molecule has 0 rings (SSSR count). The minimum Gasteiger partial charge on any atom is -0.480 e. The average Bonchev–Trinajstić information content (AvgIpc) is 2.39. The molecule has 0 aliphatic carbocycles. The van der Waals surface area contributed by atoms with Gasteiger partial charge in [-0.25, -0.2) is 0 Å². The largest absolute Gasteiger partial charge is 0.480 e. The lowest BCUT2D eigenvalue weighted by Gasteiger charge is -2.22.